The summed E-state index contributed by atoms with van der Waals surface area (Å²) in [6.07, 6.45) is 2.24. The molecular formula is C19H21FN2O2. The Morgan fingerprint density at radius 1 is 1.17 bits per heavy atom. The summed E-state index contributed by atoms with van der Waals surface area (Å²) in [6.45, 7) is 0.367. The van der Waals surface area contributed by atoms with Crippen molar-refractivity contribution in [3.8, 4) is 5.75 Å². The highest BCUT2D eigenvalue weighted by Gasteiger charge is 2.33. The number of benzene rings is 2. The van der Waals surface area contributed by atoms with Crippen molar-refractivity contribution in [3.05, 3.63) is 65.5 Å². The van der Waals surface area contributed by atoms with Gasteiger partial charge in [0.15, 0.2) is 0 Å². The number of urea groups is 1. The number of nitrogens with one attached hydrogen (secondary N) is 2. The largest absolute Gasteiger partial charge is 0.497 e. The molecule has 4 nitrogen and oxygen atoms in total. The number of halogens is 1. The van der Waals surface area contributed by atoms with E-state index in [4.69, 9.17) is 4.74 Å². The molecule has 5 heteroatoms. The first-order chi connectivity index (χ1) is 11.7. The molecule has 2 aromatic rings. The molecule has 126 valence electrons. The van der Waals surface area contributed by atoms with Crippen LogP contribution in [0.25, 0.3) is 0 Å². The average Bonchev–Trinajstić information content (AvgIpc) is 3.44. The van der Waals surface area contributed by atoms with Crippen LogP contribution >= 0.6 is 0 Å². The lowest BCUT2D eigenvalue weighted by Gasteiger charge is -2.19. The second-order valence-corrected chi connectivity index (χ2v) is 6.04. The zero-order chi connectivity index (χ0) is 16.9. The van der Waals surface area contributed by atoms with E-state index >= 15 is 0 Å². The van der Waals surface area contributed by atoms with E-state index in [2.05, 4.69) is 10.6 Å². The van der Waals surface area contributed by atoms with E-state index in [-0.39, 0.29) is 17.9 Å². The van der Waals surface area contributed by atoms with Gasteiger partial charge in [0.2, 0.25) is 0 Å². The van der Waals surface area contributed by atoms with E-state index in [1.54, 1.807) is 19.2 Å². The Balaban J connectivity index is 1.58. The Morgan fingerprint density at radius 3 is 2.42 bits per heavy atom. The molecule has 0 bridgehead atoms. The summed E-state index contributed by atoms with van der Waals surface area (Å²) in [5.41, 5.74) is 1.94. The van der Waals surface area contributed by atoms with Gasteiger partial charge < -0.3 is 15.4 Å². The van der Waals surface area contributed by atoms with Gasteiger partial charge in [0.05, 0.1) is 13.2 Å². The Morgan fingerprint density at radius 2 is 1.83 bits per heavy atom. The van der Waals surface area contributed by atoms with E-state index in [0.717, 1.165) is 29.7 Å². The van der Waals surface area contributed by atoms with Crippen molar-refractivity contribution in [3.63, 3.8) is 0 Å². The maximum atomic E-state index is 12.9. The van der Waals surface area contributed by atoms with Gasteiger partial charge in [-0.05, 0) is 54.2 Å². The van der Waals surface area contributed by atoms with Gasteiger partial charge in [0.1, 0.15) is 11.6 Å². The zero-order valence-corrected chi connectivity index (χ0v) is 13.6. The molecular weight excluding hydrogens is 307 g/mol. The molecule has 3 rings (SSSR count). The van der Waals surface area contributed by atoms with E-state index in [0.29, 0.717) is 12.5 Å². The molecule has 2 aromatic carbocycles. The highest BCUT2D eigenvalue weighted by molar-refractivity contribution is 5.74. The fraction of sp³-hybridized carbons (Fsp3) is 0.316. The molecule has 0 heterocycles. The average molecular weight is 328 g/mol. The molecule has 1 unspecified atom stereocenters. The first-order valence-electron chi connectivity index (χ1n) is 8.08. The van der Waals surface area contributed by atoms with Gasteiger partial charge >= 0.3 is 6.03 Å². The molecule has 0 aromatic heterocycles. The predicted octanol–water partition coefficient (Wildman–Crippen LogP) is 3.78. The fourth-order valence-corrected chi connectivity index (χ4v) is 2.69. The normalized spacial score (nSPS) is 14.8. The lowest BCUT2D eigenvalue weighted by atomic mass is 10.0. The maximum absolute atomic E-state index is 12.9. The highest BCUT2D eigenvalue weighted by Crippen LogP contribution is 2.41. The van der Waals surface area contributed by atoms with E-state index in [1.165, 1.54) is 12.1 Å². The third kappa shape index (κ3) is 4.25. The molecule has 24 heavy (non-hydrogen) atoms. The number of hydrogen-bond donors (Lipinski definition) is 2. The summed E-state index contributed by atoms with van der Waals surface area (Å²) in [5.74, 6) is 1.00. The molecule has 1 fully saturated rings. The van der Waals surface area contributed by atoms with Crippen LogP contribution in [0.4, 0.5) is 9.18 Å². The number of methoxy groups -OCH3 is 1. The van der Waals surface area contributed by atoms with Crippen LogP contribution in [0.15, 0.2) is 48.5 Å². The first kappa shape index (κ1) is 16.3. The summed E-state index contributed by atoms with van der Waals surface area (Å²) in [5, 5.41) is 5.88. The summed E-state index contributed by atoms with van der Waals surface area (Å²) in [6, 6.07) is 13.7. The number of carbonyl (C=O) groups is 1. The molecule has 0 saturated heterocycles. The quantitative estimate of drug-likeness (QED) is 0.848. The third-order valence-electron chi connectivity index (χ3n) is 4.22. The van der Waals surface area contributed by atoms with Crippen LogP contribution in [-0.2, 0) is 6.54 Å². The first-order valence-corrected chi connectivity index (χ1v) is 8.08. The van der Waals surface area contributed by atoms with Crippen molar-refractivity contribution in [1.29, 1.82) is 0 Å². The van der Waals surface area contributed by atoms with Crippen molar-refractivity contribution in [2.24, 2.45) is 5.92 Å². The minimum atomic E-state index is -0.281. The van der Waals surface area contributed by atoms with Crippen LogP contribution in [0.5, 0.6) is 5.75 Å². The van der Waals surface area contributed by atoms with Gasteiger partial charge in [0.25, 0.3) is 0 Å². The monoisotopic (exact) mass is 328 g/mol. The Labute approximate surface area is 141 Å². The fourth-order valence-electron chi connectivity index (χ4n) is 2.69. The Kier molecular flexibility index (Phi) is 4.99. The van der Waals surface area contributed by atoms with E-state index in [1.807, 2.05) is 24.3 Å². The summed E-state index contributed by atoms with van der Waals surface area (Å²) in [7, 11) is 1.63. The number of rotatable bonds is 6. The summed E-state index contributed by atoms with van der Waals surface area (Å²) < 4.78 is 18.1. The summed E-state index contributed by atoms with van der Waals surface area (Å²) >= 11 is 0. The second-order valence-electron chi connectivity index (χ2n) is 6.04. The molecule has 0 aliphatic heterocycles. The minimum absolute atomic E-state index is 0.00382. The van der Waals surface area contributed by atoms with Gasteiger partial charge in [-0.15, -0.1) is 0 Å². The molecule has 1 saturated carbocycles. The van der Waals surface area contributed by atoms with Gasteiger partial charge in [0, 0.05) is 6.54 Å². The van der Waals surface area contributed by atoms with Crippen molar-refractivity contribution in [2.75, 3.05) is 7.11 Å². The number of hydrogen-bond acceptors (Lipinski definition) is 2. The van der Waals surface area contributed by atoms with Gasteiger partial charge in [-0.25, -0.2) is 9.18 Å². The van der Waals surface area contributed by atoms with Crippen molar-refractivity contribution in [1.82, 2.24) is 10.6 Å². The van der Waals surface area contributed by atoms with Crippen LogP contribution in [0.3, 0.4) is 0 Å². The topological polar surface area (TPSA) is 50.4 Å². The van der Waals surface area contributed by atoms with Crippen LogP contribution in [-0.4, -0.2) is 13.1 Å². The second kappa shape index (κ2) is 7.34. The number of carbonyl (C=O) groups excluding carboxylic acids is 1. The lowest BCUT2D eigenvalue weighted by molar-refractivity contribution is 0.235. The van der Waals surface area contributed by atoms with Crippen molar-refractivity contribution < 1.29 is 13.9 Å². The maximum Gasteiger partial charge on any atom is 0.315 e. The molecule has 2 N–H and O–H groups in total. The van der Waals surface area contributed by atoms with Gasteiger partial charge in [-0.3, -0.25) is 0 Å². The number of ether oxygens (including phenoxy) is 1. The van der Waals surface area contributed by atoms with Crippen molar-refractivity contribution in [2.45, 2.75) is 25.4 Å². The van der Waals surface area contributed by atoms with E-state index < -0.39 is 0 Å². The molecule has 1 atom stereocenters. The smallest absolute Gasteiger partial charge is 0.315 e. The minimum Gasteiger partial charge on any atom is -0.497 e. The third-order valence-corrected chi connectivity index (χ3v) is 4.22. The van der Waals surface area contributed by atoms with Crippen LogP contribution in [0.2, 0.25) is 0 Å². The van der Waals surface area contributed by atoms with Crippen LogP contribution in [0.1, 0.15) is 30.0 Å². The van der Waals surface area contributed by atoms with Gasteiger partial charge in [-0.1, -0.05) is 24.3 Å². The number of amides is 2. The SMILES string of the molecule is COc1ccc(C(NC(=O)NCc2ccc(F)cc2)C2CC2)cc1. The zero-order valence-electron chi connectivity index (χ0n) is 13.6. The molecule has 1 aliphatic carbocycles. The van der Waals surface area contributed by atoms with Crippen LogP contribution in [0, 0.1) is 11.7 Å². The summed E-state index contributed by atoms with van der Waals surface area (Å²) in [4.78, 5) is 12.2. The highest BCUT2D eigenvalue weighted by atomic mass is 19.1. The molecule has 2 amide bonds. The van der Waals surface area contributed by atoms with Crippen molar-refractivity contribution >= 4 is 6.03 Å². The van der Waals surface area contributed by atoms with E-state index in [9.17, 15) is 9.18 Å². The van der Waals surface area contributed by atoms with Crippen LogP contribution < -0.4 is 15.4 Å². The molecule has 1 aliphatic rings. The Hall–Kier alpha value is -2.56. The molecule has 0 spiro atoms. The van der Waals surface area contributed by atoms with Gasteiger partial charge in [-0.2, -0.15) is 0 Å². The lowest BCUT2D eigenvalue weighted by Crippen LogP contribution is -2.38. The predicted molar refractivity (Wildman–Crippen MR) is 90.2 cm³/mol. The molecule has 0 radical (unpaired) electrons. The standard InChI is InChI=1S/C19H21FN2O2/c1-24-17-10-6-15(7-11-17)18(14-4-5-14)22-19(23)21-12-13-2-8-16(20)9-3-13/h2-3,6-11,14,18H,4-5,12H2,1H3,(H2,21,22,23). The Bertz CT molecular complexity index is 682.